The van der Waals surface area contributed by atoms with Crippen LogP contribution >= 0.6 is 0 Å². The fourth-order valence-electron chi connectivity index (χ4n) is 3.64. The van der Waals surface area contributed by atoms with Crippen molar-refractivity contribution in [2.75, 3.05) is 26.1 Å². The van der Waals surface area contributed by atoms with Crippen LogP contribution in [0.25, 0.3) is 22.6 Å². The number of esters is 1. The molecule has 9 nitrogen and oxygen atoms in total. The van der Waals surface area contributed by atoms with Gasteiger partial charge in [0.05, 0.1) is 18.1 Å². The summed E-state index contributed by atoms with van der Waals surface area (Å²) in [6, 6.07) is 3.96. The third-order valence-corrected chi connectivity index (χ3v) is 5.15. The van der Waals surface area contributed by atoms with Crippen molar-refractivity contribution in [3.8, 4) is 11.5 Å². The molecule has 1 aromatic rings. The molecular formula is C23H33N5O4. The quantitative estimate of drug-likeness (QED) is 0.323. The van der Waals surface area contributed by atoms with Crippen LogP contribution in [0.1, 0.15) is 51.5 Å². The van der Waals surface area contributed by atoms with Gasteiger partial charge in [-0.25, -0.2) is 9.78 Å². The van der Waals surface area contributed by atoms with Gasteiger partial charge in [0.25, 0.3) is 5.56 Å². The monoisotopic (exact) mass is 443 g/mol. The molecule has 0 amide bonds. The fraction of sp³-hybridized carbons (Fsp3) is 0.522. The van der Waals surface area contributed by atoms with Crippen molar-refractivity contribution in [3.63, 3.8) is 0 Å². The Labute approximate surface area is 187 Å². The van der Waals surface area contributed by atoms with Crippen LogP contribution < -0.4 is 16.1 Å². The van der Waals surface area contributed by atoms with E-state index >= 15 is 0 Å². The van der Waals surface area contributed by atoms with Crippen LogP contribution in [0.5, 0.6) is 0 Å². The predicted molar refractivity (Wildman–Crippen MR) is 127 cm³/mol. The topological polar surface area (TPSA) is 110 Å². The Morgan fingerprint density at radius 3 is 2.44 bits per heavy atom. The number of ether oxygens (including phenoxy) is 1. The van der Waals surface area contributed by atoms with Gasteiger partial charge in [-0.2, -0.15) is 4.98 Å². The number of unbranched alkanes of at least 4 members (excludes halogenated alkanes) is 3. The van der Waals surface area contributed by atoms with Crippen LogP contribution in [0.15, 0.2) is 21.7 Å². The van der Waals surface area contributed by atoms with E-state index in [-0.39, 0.29) is 11.7 Å². The summed E-state index contributed by atoms with van der Waals surface area (Å²) in [5.41, 5.74) is 2.52. The van der Waals surface area contributed by atoms with Crippen molar-refractivity contribution in [2.24, 2.45) is 0 Å². The van der Waals surface area contributed by atoms with E-state index in [1.54, 1.807) is 0 Å². The molecule has 0 bridgehead atoms. The summed E-state index contributed by atoms with van der Waals surface area (Å²) in [5.74, 6) is 0.0906. The van der Waals surface area contributed by atoms with E-state index in [0.29, 0.717) is 24.3 Å². The van der Waals surface area contributed by atoms with E-state index in [2.05, 4.69) is 19.7 Å². The summed E-state index contributed by atoms with van der Waals surface area (Å²) < 4.78 is 6.56. The van der Waals surface area contributed by atoms with E-state index in [9.17, 15) is 14.4 Å². The van der Waals surface area contributed by atoms with Crippen LogP contribution in [0.3, 0.4) is 0 Å². The molecule has 0 unspecified atom stereocenters. The molecule has 0 radical (unpaired) electrons. The fourth-order valence-corrected chi connectivity index (χ4v) is 3.64. The highest BCUT2D eigenvalue weighted by molar-refractivity contribution is 5.84. The largest absolute Gasteiger partial charge is 0.469 e. The van der Waals surface area contributed by atoms with Crippen LogP contribution in [0.2, 0.25) is 0 Å². The van der Waals surface area contributed by atoms with Gasteiger partial charge in [-0.05, 0) is 37.5 Å². The van der Waals surface area contributed by atoms with Crippen LogP contribution in [0.4, 0.5) is 5.69 Å². The van der Waals surface area contributed by atoms with Gasteiger partial charge in [0, 0.05) is 32.7 Å². The number of H-pyrrole nitrogens is 1. The van der Waals surface area contributed by atoms with E-state index in [4.69, 9.17) is 0 Å². The maximum absolute atomic E-state index is 12.3. The van der Waals surface area contributed by atoms with E-state index in [0.717, 1.165) is 42.5 Å². The number of aromatic amines is 1. The minimum absolute atomic E-state index is 0.157. The molecule has 3 rings (SSSR count). The zero-order chi connectivity index (χ0) is 23.8. The van der Waals surface area contributed by atoms with Gasteiger partial charge < -0.3 is 14.2 Å². The summed E-state index contributed by atoms with van der Waals surface area (Å²) in [5, 5.41) is 0. The molecule has 2 heterocycles. The first kappa shape index (κ1) is 25.0. The molecule has 0 atom stereocenters. The predicted octanol–water partition coefficient (Wildman–Crippen LogP) is 3.11. The number of aryl methyl sites for hydroxylation is 2. The molecular weight excluding hydrogens is 410 g/mol. The number of hydrogen-bond acceptors (Lipinski definition) is 7. The number of nitrogens with one attached hydrogen (secondary N) is 1. The Balaban J connectivity index is 0.00000176. The van der Waals surface area contributed by atoms with Gasteiger partial charge in [-0.1, -0.05) is 26.7 Å². The second kappa shape index (κ2) is 11.4. The SMILES string of the molecule is CC.COC(=O)CCCCCCn1c2nc(=O)[nH]c(=O)c-2nc2cc(C)c(N(C)C)cc21. The molecule has 0 spiro atoms. The highest BCUT2D eigenvalue weighted by Crippen LogP contribution is 2.28. The van der Waals surface area contributed by atoms with E-state index < -0.39 is 11.2 Å². The first-order chi connectivity index (χ1) is 15.3. The standard InChI is InChI=1S/C21H27N5O4.C2H6/c1-13-11-14-16(12-15(13)25(2)3)26(10-8-6-5-7-9-17(27)30-4)19-18(22-14)20(28)24-21(29)23-19;1-2/h11-12H,5-10H2,1-4H3,(H,24,28,29);1-2H3. The first-order valence-corrected chi connectivity index (χ1v) is 11.0. The zero-order valence-electron chi connectivity index (χ0n) is 19.8. The second-order valence-corrected chi connectivity index (χ2v) is 7.57. The van der Waals surface area contributed by atoms with Gasteiger partial charge in [-0.3, -0.25) is 14.6 Å². The Morgan fingerprint density at radius 1 is 1.09 bits per heavy atom. The summed E-state index contributed by atoms with van der Waals surface area (Å²) >= 11 is 0. The molecule has 0 aliphatic carbocycles. The van der Waals surface area contributed by atoms with Crippen molar-refractivity contribution in [1.82, 2.24) is 19.5 Å². The number of fused-ring (bicyclic) bond motifs is 2. The molecule has 174 valence electrons. The van der Waals surface area contributed by atoms with Crippen LogP contribution in [-0.4, -0.2) is 46.7 Å². The van der Waals surface area contributed by atoms with Gasteiger partial charge in [0.2, 0.25) is 0 Å². The number of carbonyl (C=O) groups is 1. The smallest absolute Gasteiger partial charge is 0.349 e. The Morgan fingerprint density at radius 2 is 1.78 bits per heavy atom. The number of benzene rings is 1. The summed E-state index contributed by atoms with van der Waals surface area (Å²) in [6.45, 7) is 6.58. The molecule has 2 aliphatic rings. The zero-order valence-corrected chi connectivity index (χ0v) is 19.8. The maximum atomic E-state index is 12.3. The van der Waals surface area contributed by atoms with E-state index in [1.807, 2.05) is 56.5 Å². The number of methoxy groups -OCH3 is 1. The lowest BCUT2D eigenvalue weighted by molar-refractivity contribution is -0.140. The van der Waals surface area contributed by atoms with Crippen molar-refractivity contribution in [2.45, 2.75) is 59.4 Å². The average molecular weight is 444 g/mol. The maximum Gasteiger partial charge on any atom is 0.349 e. The van der Waals surface area contributed by atoms with E-state index in [1.165, 1.54) is 7.11 Å². The van der Waals surface area contributed by atoms with Crippen molar-refractivity contribution in [1.29, 1.82) is 0 Å². The Hall–Kier alpha value is -3.23. The number of aromatic nitrogens is 4. The van der Waals surface area contributed by atoms with Gasteiger partial charge in [-0.15, -0.1) is 0 Å². The molecule has 9 heteroatoms. The summed E-state index contributed by atoms with van der Waals surface area (Å²) in [7, 11) is 5.32. The lowest BCUT2D eigenvalue weighted by Gasteiger charge is -2.21. The number of nitrogens with zero attached hydrogens (tertiary/aromatic N) is 4. The van der Waals surface area contributed by atoms with Crippen LogP contribution in [0, 0.1) is 6.92 Å². The first-order valence-electron chi connectivity index (χ1n) is 11.0. The molecule has 0 saturated carbocycles. The number of carbonyl (C=O) groups excluding carboxylic acids is 1. The minimum Gasteiger partial charge on any atom is -0.469 e. The molecule has 0 fully saturated rings. The molecule has 0 aromatic heterocycles. The third kappa shape index (κ3) is 5.72. The molecule has 32 heavy (non-hydrogen) atoms. The van der Waals surface area contributed by atoms with Gasteiger partial charge in [0.15, 0.2) is 11.5 Å². The number of rotatable bonds is 8. The lowest BCUT2D eigenvalue weighted by Crippen LogP contribution is -2.29. The lowest BCUT2D eigenvalue weighted by atomic mass is 10.1. The summed E-state index contributed by atoms with van der Waals surface area (Å²) in [6.07, 6.45) is 3.77. The Bertz CT molecular complexity index is 1150. The minimum atomic E-state index is -0.680. The molecule has 2 aliphatic heterocycles. The third-order valence-electron chi connectivity index (χ3n) is 5.15. The number of hydrogen-bond donors (Lipinski definition) is 1. The summed E-state index contributed by atoms with van der Waals surface area (Å²) in [4.78, 5) is 48.2. The highest BCUT2D eigenvalue weighted by atomic mass is 16.5. The van der Waals surface area contributed by atoms with Crippen molar-refractivity contribution < 1.29 is 9.53 Å². The van der Waals surface area contributed by atoms with Crippen molar-refractivity contribution in [3.05, 3.63) is 38.5 Å². The van der Waals surface area contributed by atoms with Crippen LogP contribution in [-0.2, 0) is 16.1 Å². The molecule has 1 aromatic carbocycles. The van der Waals surface area contributed by atoms with Gasteiger partial charge >= 0.3 is 11.7 Å². The average Bonchev–Trinajstić information content (AvgIpc) is 2.76. The normalized spacial score (nSPS) is 10.7. The van der Waals surface area contributed by atoms with Gasteiger partial charge in [0.1, 0.15) is 0 Å². The van der Waals surface area contributed by atoms with Crippen molar-refractivity contribution >= 4 is 22.7 Å². The second-order valence-electron chi connectivity index (χ2n) is 7.57. The highest BCUT2D eigenvalue weighted by Gasteiger charge is 2.19. The number of anilines is 1. The molecule has 1 N–H and O–H groups in total. The molecule has 0 saturated heterocycles. The Kier molecular flexibility index (Phi) is 8.92.